The van der Waals surface area contributed by atoms with Crippen molar-refractivity contribution in [3.63, 3.8) is 0 Å². The predicted molar refractivity (Wildman–Crippen MR) is 125 cm³/mol. The van der Waals surface area contributed by atoms with E-state index in [2.05, 4.69) is 20.4 Å². The number of carbonyl (C=O) groups excluding carboxylic acids is 1. The summed E-state index contributed by atoms with van der Waals surface area (Å²) in [5, 5.41) is 9.60. The third-order valence-electron chi connectivity index (χ3n) is 4.94. The van der Waals surface area contributed by atoms with Crippen molar-refractivity contribution in [3.05, 3.63) is 120 Å². The van der Waals surface area contributed by atoms with E-state index < -0.39 is 6.04 Å². The van der Waals surface area contributed by atoms with Crippen molar-refractivity contribution in [2.45, 2.75) is 6.04 Å². The highest BCUT2D eigenvalue weighted by molar-refractivity contribution is 7.13. The summed E-state index contributed by atoms with van der Waals surface area (Å²) in [6.45, 7) is 0. The third kappa shape index (κ3) is 4.06. The highest BCUT2D eigenvalue weighted by Crippen LogP contribution is 2.26. The summed E-state index contributed by atoms with van der Waals surface area (Å²) in [7, 11) is 0. The van der Waals surface area contributed by atoms with Crippen LogP contribution in [0, 0.1) is 0 Å². The molecule has 1 amide bonds. The molecule has 1 N–H and O–H groups in total. The zero-order valence-corrected chi connectivity index (χ0v) is 17.8. The highest BCUT2D eigenvalue weighted by atomic mass is 32.1. The highest BCUT2D eigenvalue weighted by Gasteiger charge is 2.24. The van der Waals surface area contributed by atoms with Gasteiger partial charge >= 0.3 is 0 Å². The molecule has 5 aromatic rings. The zero-order chi connectivity index (χ0) is 21.8. The van der Waals surface area contributed by atoms with Crippen molar-refractivity contribution in [2.24, 2.45) is 0 Å². The molecule has 2 aromatic carbocycles. The summed E-state index contributed by atoms with van der Waals surface area (Å²) >= 11 is 1.55. The van der Waals surface area contributed by atoms with E-state index in [4.69, 9.17) is 0 Å². The van der Waals surface area contributed by atoms with Crippen LogP contribution in [0.25, 0.3) is 16.4 Å². The van der Waals surface area contributed by atoms with E-state index in [1.165, 1.54) is 0 Å². The van der Waals surface area contributed by atoms with Gasteiger partial charge in [0.25, 0.3) is 5.91 Å². The van der Waals surface area contributed by atoms with Gasteiger partial charge in [0.05, 0.1) is 22.3 Å². The number of benzene rings is 2. The second-order valence-electron chi connectivity index (χ2n) is 7.06. The Labute approximate surface area is 189 Å². The summed E-state index contributed by atoms with van der Waals surface area (Å²) in [5.74, 6) is 0.372. The van der Waals surface area contributed by atoms with Gasteiger partial charge < -0.3 is 5.32 Å². The first kappa shape index (κ1) is 19.8. The van der Waals surface area contributed by atoms with Gasteiger partial charge in [-0.1, -0.05) is 60.7 Å². The molecule has 156 valence electrons. The molecule has 0 saturated heterocycles. The van der Waals surface area contributed by atoms with Crippen molar-refractivity contribution < 1.29 is 4.79 Å². The number of hydrogen-bond donors (Lipinski definition) is 1. The second-order valence-corrected chi connectivity index (χ2v) is 8.00. The lowest BCUT2D eigenvalue weighted by atomic mass is 10.0. The van der Waals surface area contributed by atoms with Crippen LogP contribution < -0.4 is 5.32 Å². The maximum absolute atomic E-state index is 13.3. The first-order valence-electron chi connectivity index (χ1n) is 10.1. The fourth-order valence-corrected chi connectivity index (χ4v) is 4.14. The van der Waals surface area contributed by atoms with E-state index in [9.17, 15) is 4.79 Å². The summed E-state index contributed by atoms with van der Waals surface area (Å²) in [4.78, 5) is 23.3. The number of carbonyl (C=O) groups is 1. The van der Waals surface area contributed by atoms with Gasteiger partial charge in [-0.3, -0.25) is 9.78 Å². The minimum absolute atomic E-state index is 0.106. The Bertz CT molecular complexity index is 1260. The Hall–Kier alpha value is -4.10. The largest absolute Gasteiger partial charge is 0.337 e. The first-order valence-corrected chi connectivity index (χ1v) is 11.0. The number of nitrogens with one attached hydrogen (secondary N) is 1. The van der Waals surface area contributed by atoms with E-state index >= 15 is 0 Å². The fraction of sp³-hybridized carbons (Fsp3) is 0.0400. The lowest BCUT2D eigenvalue weighted by Crippen LogP contribution is -2.30. The average molecular weight is 438 g/mol. The van der Waals surface area contributed by atoms with Gasteiger partial charge in [0, 0.05) is 6.20 Å². The molecule has 0 saturated carbocycles. The molecule has 32 heavy (non-hydrogen) atoms. The van der Waals surface area contributed by atoms with Crippen molar-refractivity contribution in [2.75, 3.05) is 0 Å². The van der Waals surface area contributed by atoms with Crippen LogP contribution in [-0.4, -0.2) is 25.7 Å². The third-order valence-corrected chi connectivity index (χ3v) is 5.81. The van der Waals surface area contributed by atoms with Crippen LogP contribution in [0.3, 0.4) is 0 Å². The minimum Gasteiger partial charge on any atom is -0.337 e. The molecule has 1 atom stereocenters. The van der Waals surface area contributed by atoms with Crippen LogP contribution in [0.15, 0.2) is 103 Å². The van der Waals surface area contributed by atoms with Crippen LogP contribution >= 0.6 is 11.3 Å². The molecule has 0 spiro atoms. The van der Waals surface area contributed by atoms with Gasteiger partial charge in [-0.15, -0.1) is 16.4 Å². The van der Waals surface area contributed by atoms with Crippen molar-refractivity contribution >= 4 is 17.2 Å². The van der Waals surface area contributed by atoms with E-state index in [-0.39, 0.29) is 11.7 Å². The maximum Gasteiger partial charge on any atom is 0.291 e. The Morgan fingerprint density at radius 3 is 2.31 bits per heavy atom. The average Bonchev–Trinajstić information content (AvgIpc) is 3.54. The van der Waals surface area contributed by atoms with Crippen LogP contribution in [0.4, 0.5) is 0 Å². The molecule has 0 fully saturated rings. The molecule has 3 aromatic heterocycles. The van der Waals surface area contributed by atoms with Crippen molar-refractivity contribution in [3.8, 4) is 16.4 Å². The Kier molecular flexibility index (Phi) is 5.55. The summed E-state index contributed by atoms with van der Waals surface area (Å²) in [6, 6.07) is 28.6. The van der Waals surface area contributed by atoms with Gasteiger partial charge in [0.1, 0.15) is 0 Å². The number of rotatable bonds is 6. The maximum atomic E-state index is 13.3. The lowest BCUT2D eigenvalue weighted by molar-refractivity contribution is 0.0932. The van der Waals surface area contributed by atoms with Crippen LogP contribution in [0.1, 0.15) is 27.9 Å². The molecule has 7 heteroatoms. The summed E-state index contributed by atoms with van der Waals surface area (Å²) in [6.07, 6.45) is 1.72. The van der Waals surface area contributed by atoms with Gasteiger partial charge in [-0.05, 0) is 41.3 Å². The molecule has 0 aliphatic rings. The Morgan fingerprint density at radius 1 is 0.875 bits per heavy atom. The van der Waals surface area contributed by atoms with E-state index in [0.717, 1.165) is 21.8 Å². The molecule has 5 rings (SSSR count). The SMILES string of the molecule is O=C(NC(c1ccccc1)c1ccccn1)c1nc(-c2cccs2)n(-c2ccccc2)n1. The zero-order valence-electron chi connectivity index (χ0n) is 17.0. The van der Waals surface area contributed by atoms with E-state index in [1.54, 1.807) is 22.2 Å². The minimum atomic E-state index is -0.418. The number of thiophene rings is 1. The van der Waals surface area contributed by atoms with E-state index in [1.807, 2.05) is 96.4 Å². The smallest absolute Gasteiger partial charge is 0.291 e. The molecule has 0 aliphatic carbocycles. The standard InChI is InChI=1S/C25H19N5OS/c31-25(27-22(18-10-3-1-4-11-18)20-14-7-8-16-26-20)23-28-24(21-15-9-17-32-21)30(29-23)19-12-5-2-6-13-19/h1-17,22H,(H,27,31). The lowest BCUT2D eigenvalue weighted by Gasteiger charge is -2.18. The summed E-state index contributed by atoms with van der Waals surface area (Å²) in [5.41, 5.74) is 2.51. The molecule has 6 nitrogen and oxygen atoms in total. The number of nitrogens with zero attached hydrogens (tertiary/aromatic N) is 4. The predicted octanol–water partition coefficient (Wildman–Crippen LogP) is 4.91. The van der Waals surface area contributed by atoms with Crippen LogP contribution in [0.2, 0.25) is 0 Å². The fourth-order valence-electron chi connectivity index (χ4n) is 3.44. The Balaban J connectivity index is 1.52. The van der Waals surface area contributed by atoms with Crippen LogP contribution in [-0.2, 0) is 0 Å². The van der Waals surface area contributed by atoms with Crippen LogP contribution in [0.5, 0.6) is 0 Å². The molecule has 1 unspecified atom stereocenters. The number of aromatic nitrogens is 4. The van der Waals surface area contributed by atoms with Gasteiger partial charge in [0.2, 0.25) is 5.82 Å². The summed E-state index contributed by atoms with van der Waals surface area (Å²) < 4.78 is 1.71. The Morgan fingerprint density at radius 2 is 1.62 bits per heavy atom. The quantitative estimate of drug-likeness (QED) is 0.410. The van der Waals surface area contributed by atoms with Crippen molar-refractivity contribution in [1.82, 2.24) is 25.1 Å². The topological polar surface area (TPSA) is 72.7 Å². The van der Waals surface area contributed by atoms with Gasteiger partial charge in [0.15, 0.2) is 5.82 Å². The molecule has 0 radical (unpaired) electrons. The first-order chi connectivity index (χ1) is 15.8. The second kappa shape index (κ2) is 8.95. The monoisotopic (exact) mass is 437 g/mol. The van der Waals surface area contributed by atoms with Gasteiger partial charge in [-0.2, -0.15) is 0 Å². The van der Waals surface area contributed by atoms with Gasteiger partial charge in [-0.25, -0.2) is 9.67 Å². The number of amides is 1. The number of pyridine rings is 1. The molecule has 3 heterocycles. The van der Waals surface area contributed by atoms with Crippen molar-refractivity contribution in [1.29, 1.82) is 0 Å². The molecule has 0 aliphatic heterocycles. The number of para-hydroxylation sites is 1. The van der Waals surface area contributed by atoms with E-state index in [0.29, 0.717) is 5.82 Å². The normalized spacial score (nSPS) is 11.8. The molecular formula is C25H19N5OS. The number of hydrogen-bond acceptors (Lipinski definition) is 5. The molecular weight excluding hydrogens is 418 g/mol. The molecule has 0 bridgehead atoms.